The van der Waals surface area contributed by atoms with Crippen molar-refractivity contribution in [3.05, 3.63) is 68.4 Å². The van der Waals surface area contributed by atoms with Crippen molar-refractivity contribution >= 4 is 73.7 Å². The van der Waals surface area contributed by atoms with E-state index in [0.717, 1.165) is 28.1 Å². The second-order valence-corrected chi connectivity index (χ2v) is 9.67. The van der Waals surface area contributed by atoms with E-state index in [-0.39, 0.29) is 23.0 Å². The number of rotatable bonds is 6. The first-order chi connectivity index (χ1) is 16.6. The van der Waals surface area contributed by atoms with Gasteiger partial charge in [0.05, 0.1) is 27.9 Å². The molecule has 4 aromatic rings. The van der Waals surface area contributed by atoms with Crippen LogP contribution in [0.1, 0.15) is 12.5 Å². The summed E-state index contributed by atoms with van der Waals surface area (Å²) in [5, 5.41) is 11.1. The number of hydrogen-bond donors (Lipinski definition) is 1. The van der Waals surface area contributed by atoms with E-state index in [9.17, 15) is 14.4 Å². The molecule has 0 radical (unpaired) electrons. The highest BCUT2D eigenvalue weighted by Crippen LogP contribution is 2.34. The number of aryl methyl sites for hydroxylation is 2. The molecule has 4 rings (SSSR count). The molecule has 10 heteroatoms. The maximum atomic E-state index is 13.2. The molecule has 0 aliphatic heterocycles. The molecule has 2 aromatic heterocycles. The van der Waals surface area contributed by atoms with Gasteiger partial charge in [-0.2, -0.15) is 0 Å². The highest BCUT2D eigenvalue weighted by Gasteiger charge is 2.19. The van der Waals surface area contributed by atoms with Crippen molar-refractivity contribution in [3.8, 4) is 11.1 Å². The Morgan fingerprint density at radius 2 is 1.74 bits per heavy atom. The van der Waals surface area contributed by atoms with Crippen LogP contribution in [0.2, 0.25) is 10.0 Å². The number of pyridine rings is 1. The van der Waals surface area contributed by atoms with E-state index >= 15 is 0 Å². The van der Waals surface area contributed by atoms with Crippen molar-refractivity contribution < 1.29 is 14.3 Å². The fourth-order valence-corrected chi connectivity index (χ4v) is 5.22. The van der Waals surface area contributed by atoms with Gasteiger partial charge < -0.3 is 9.30 Å². The summed E-state index contributed by atoms with van der Waals surface area (Å²) in [6.07, 6.45) is 0. The lowest BCUT2D eigenvalue weighted by Gasteiger charge is -2.09. The molecular weight excluding hydrogens is 509 g/mol. The number of benzene rings is 2. The molecule has 1 N–H and O–H groups in total. The first kappa shape index (κ1) is 25.0. The summed E-state index contributed by atoms with van der Waals surface area (Å²) in [7, 11) is 3.58. The Bertz CT molecular complexity index is 1590. The molecule has 35 heavy (non-hydrogen) atoms. The van der Waals surface area contributed by atoms with Crippen LogP contribution in [0.4, 0.5) is 0 Å². The van der Waals surface area contributed by atoms with E-state index in [1.54, 1.807) is 48.9 Å². The predicted molar refractivity (Wildman–Crippen MR) is 142 cm³/mol. The number of carbonyl (C=O) groups is 2. The minimum absolute atomic E-state index is 0.121. The maximum Gasteiger partial charge on any atom is 0.375 e. The number of carbonyl (C=O) groups excluding carboxylic acids is 2. The smallest absolute Gasteiger partial charge is 0.375 e. The summed E-state index contributed by atoms with van der Waals surface area (Å²) >= 11 is 13.4. The summed E-state index contributed by atoms with van der Waals surface area (Å²) in [5.74, 6) is -1.77. The summed E-state index contributed by atoms with van der Waals surface area (Å²) < 4.78 is 8.21. The molecule has 0 aliphatic carbocycles. The van der Waals surface area contributed by atoms with Crippen molar-refractivity contribution in [2.45, 2.75) is 6.92 Å². The van der Waals surface area contributed by atoms with Crippen molar-refractivity contribution in [1.29, 1.82) is 5.41 Å². The lowest BCUT2D eigenvalue weighted by molar-refractivity contribution is -0.152. The number of thioether (sulfide) groups is 1. The van der Waals surface area contributed by atoms with Crippen molar-refractivity contribution in [3.63, 3.8) is 0 Å². The van der Waals surface area contributed by atoms with Crippen molar-refractivity contribution in [1.82, 2.24) is 9.13 Å². The minimum atomic E-state index is -0.897. The minimum Gasteiger partial charge on any atom is -0.460 e. The van der Waals surface area contributed by atoms with Gasteiger partial charge in [-0.05, 0) is 37.3 Å². The van der Waals surface area contributed by atoms with E-state index in [0.29, 0.717) is 32.4 Å². The number of hydrogen-bond acceptors (Lipinski definition) is 6. The molecule has 0 saturated carbocycles. The summed E-state index contributed by atoms with van der Waals surface area (Å²) in [6.45, 7) is 1.75. The van der Waals surface area contributed by atoms with Crippen LogP contribution in [0.3, 0.4) is 0 Å². The summed E-state index contributed by atoms with van der Waals surface area (Å²) in [4.78, 5) is 36.7. The van der Waals surface area contributed by atoms with Gasteiger partial charge in [0.1, 0.15) is 5.65 Å². The molecule has 7 nitrogen and oxygen atoms in total. The van der Waals surface area contributed by atoms with E-state index in [2.05, 4.69) is 0 Å². The van der Waals surface area contributed by atoms with Crippen LogP contribution in [-0.4, -0.2) is 38.3 Å². The molecule has 0 bridgehead atoms. The molecule has 0 fully saturated rings. The van der Waals surface area contributed by atoms with Gasteiger partial charge >= 0.3 is 5.97 Å². The van der Waals surface area contributed by atoms with Gasteiger partial charge in [-0.1, -0.05) is 47.1 Å². The fraction of sp³-hybridized carbons (Fsp3) is 0.200. The number of nitrogens with one attached hydrogen (secondary N) is 1. The van der Waals surface area contributed by atoms with Crippen LogP contribution in [0.15, 0.2) is 47.3 Å². The molecule has 2 heterocycles. The van der Waals surface area contributed by atoms with Crippen molar-refractivity contribution in [2.75, 3.05) is 12.4 Å². The Kier molecular flexibility index (Phi) is 7.07. The van der Waals surface area contributed by atoms with Crippen molar-refractivity contribution in [2.24, 2.45) is 14.1 Å². The topological polar surface area (TPSA) is 94.2 Å². The Labute approximate surface area is 215 Å². The van der Waals surface area contributed by atoms with Crippen LogP contribution in [0.5, 0.6) is 0 Å². The molecule has 2 aromatic carbocycles. The maximum absolute atomic E-state index is 13.2. The molecule has 0 aliphatic rings. The third-order valence-corrected chi connectivity index (χ3v) is 7.16. The number of nitrogens with zero attached hydrogens (tertiary/aromatic N) is 2. The van der Waals surface area contributed by atoms with E-state index in [4.69, 9.17) is 33.3 Å². The highest BCUT2D eigenvalue weighted by molar-refractivity contribution is 8.14. The standard InChI is InChI=1S/C25H21Cl2N3O4S/c1-4-34-25(33)21(31)12-35-22(28)13-5-8-20-16(9-13)17-11-18(15-7-6-14(26)10-19(15)27)24(32)30(3)23(17)29(20)2/h5-11,28H,4,12H2,1-3H3. The number of halogens is 2. The van der Waals surface area contributed by atoms with Gasteiger partial charge in [0.15, 0.2) is 0 Å². The molecule has 0 saturated heterocycles. The monoisotopic (exact) mass is 529 g/mol. The average Bonchev–Trinajstić information content (AvgIpc) is 3.11. The number of aromatic nitrogens is 2. The molecule has 0 unspecified atom stereocenters. The second-order valence-electron chi connectivity index (χ2n) is 7.84. The van der Waals surface area contributed by atoms with Gasteiger partial charge in [-0.25, -0.2) is 4.79 Å². The largest absolute Gasteiger partial charge is 0.460 e. The number of ether oxygens (including phenoxy) is 1. The Morgan fingerprint density at radius 1 is 1.00 bits per heavy atom. The lowest BCUT2D eigenvalue weighted by atomic mass is 10.0. The molecule has 0 amide bonds. The Morgan fingerprint density at radius 3 is 2.43 bits per heavy atom. The zero-order chi connectivity index (χ0) is 25.4. The fourth-order valence-electron chi connectivity index (χ4n) is 4.02. The van der Waals surface area contributed by atoms with E-state index in [1.165, 1.54) is 0 Å². The Balaban J connectivity index is 1.80. The predicted octanol–water partition coefficient (Wildman–Crippen LogP) is 5.19. The summed E-state index contributed by atoms with van der Waals surface area (Å²) in [6, 6.07) is 12.3. The number of ketones is 1. The molecule has 180 valence electrons. The average molecular weight is 530 g/mol. The number of fused-ring (bicyclic) bond motifs is 3. The van der Waals surface area contributed by atoms with Gasteiger partial charge in [-0.15, -0.1) is 0 Å². The quantitative estimate of drug-likeness (QED) is 0.160. The molecular formula is C25H21Cl2N3O4S. The van der Waals surface area contributed by atoms with Crippen LogP contribution < -0.4 is 5.56 Å². The third kappa shape index (κ3) is 4.61. The highest BCUT2D eigenvalue weighted by atomic mass is 35.5. The third-order valence-electron chi connectivity index (χ3n) is 5.68. The first-order valence-corrected chi connectivity index (χ1v) is 12.4. The lowest BCUT2D eigenvalue weighted by Crippen LogP contribution is -2.20. The molecule has 0 spiro atoms. The zero-order valence-electron chi connectivity index (χ0n) is 19.1. The SMILES string of the molecule is CCOC(=O)C(=O)CSC(=N)c1ccc2c(c1)c1cc(-c3ccc(Cl)cc3Cl)c(=O)n(C)c1n2C. The van der Waals surface area contributed by atoms with Gasteiger partial charge in [-0.3, -0.25) is 19.6 Å². The first-order valence-electron chi connectivity index (χ1n) is 10.6. The van der Waals surface area contributed by atoms with E-state index in [1.807, 2.05) is 23.7 Å². The van der Waals surface area contributed by atoms with E-state index < -0.39 is 11.8 Å². The normalized spacial score (nSPS) is 11.2. The van der Waals surface area contributed by atoms with Crippen LogP contribution in [0, 0.1) is 5.41 Å². The van der Waals surface area contributed by atoms with Gasteiger partial charge in [0, 0.05) is 46.6 Å². The zero-order valence-corrected chi connectivity index (χ0v) is 21.5. The van der Waals surface area contributed by atoms with Gasteiger partial charge in [0.25, 0.3) is 5.56 Å². The molecule has 0 atom stereocenters. The second kappa shape index (κ2) is 9.89. The van der Waals surface area contributed by atoms with Gasteiger partial charge in [0.2, 0.25) is 5.78 Å². The summed E-state index contributed by atoms with van der Waals surface area (Å²) in [5.41, 5.74) is 2.99. The van der Waals surface area contributed by atoms with Crippen LogP contribution in [-0.2, 0) is 28.4 Å². The van der Waals surface area contributed by atoms with Crippen LogP contribution >= 0.6 is 35.0 Å². The number of Topliss-reactive ketones (excluding diaryl/α,β-unsaturated/α-hetero) is 1. The number of esters is 1. The van der Waals surface area contributed by atoms with Crippen LogP contribution in [0.25, 0.3) is 33.1 Å². The Hall–Kier alpha value is -3.07.